The molecule has 0 amide bonds. The van der Waals surface area contributed by atoms with Crippen molar-refractivity contribution in [3.63, 3.8) is 0 Å². The van der Waals surface area contributed by atoms with E-state index in [9.17, 15) is 9.90 Å². The highest BCUT2D eigenvalue weighted by Gasteiger charge is 2.36. The van der Waals surface area contributed by atoms with E-state index >= 15 is 0 Å². The number of carboxylic acids is 1. The van der Waals surface area contributed by atoms with Crippen molar-refractivity contribution >= 4 is 5.97 Å². The minimum atomic E-state index is -0.811. The number of hydrogen-bond donors (Lipinski definition) is 2. The Labute approximate surface area is 105 Å². The molecule has 0 aromatic rings. The van der Waals surface area contributed by atoms with E-state index in [-0.39, 0.29) is 12.1 Å². The molecule has 0 aromatic carbocycles. The third-order valence-electron chi connectivity index (χ3n) is 2.78. The first-order valence-electron chi connectivity index (χ1n) is 6.46. The van der Waals surface area contributed by atoms with Crippen LogP contribution in [-0.4, -0.2) is 35.4 Å². The predicted octanol–water partition coefficient (Wildman–Crippen LogP) is 2.42. The first-order valence-corrected chi connectivity index (χ1v) is 6.46. The zero-order valence-electron chi connectivity index (χ0n) is 11.7. The smallest absolute Gasteiger partial charge is 0.323 e. The summed E-state index contributed by atoms with van der Waals surface area (Å²) < 4.78 is 5.45. The van der Waals surface area contributed by atoms with E-state index < -0.39 is 11.5 Å². The zero-order chi connectivity index (χ0) is 13.5. The first kappa shape index (κ1) is 16.4. The van der Waals surface area contributed by atoms with Gasteiger partial charge in [0.25, 0.3) is 0 Å². The first-order chi connectivity index (χ1) is 7.84. The molecule has 0 aliphatic rings. The van der Waals surface area contributed by atoms with Crippen molar-refractivity contribution in [2.75, 3.05) is 6.61 Å². The lowest BCUT2D eigenvalue weighted by molar-refractivity contribution is -0.146. The van der Waals surface area contributed by atoms with Gasteiger partial charge in [-0.3, -0.25) is 10.1 Å². The molecule has 0 aliphatic heterocycles. The molecule has 17 heavy (non-hydrogen) atoms. The summed E-state index contributed by atoms with van der Waals surface area (Å²) in [5, 5.41) is 12.6. The molecule has 0 fully saturated rings. The summed E-state index contributed by atoms with van der Waals surface area (Å²) in [5.41, 5.74) is -0.811. The minimum Gasteiger partial charge on any atom is -0.480 e. The molecule has 0 saturated carbocycles. The van der Waals surface area contributed by atoms with Gasteiger partial charge in [0.1, 0.15) is 5.54 Å². The highest BCUT2D eigenvalue weighted by molar-refractivity contribution is 5.78. The third-order valence-corrected chi connectivity index (χ3v) is 2.78. The van der Waals surface area contributed by atoms with Crippen LogP contribution in [0.25, 0.3) is 0 Å². The van der Waals surface area contributed by atoms with Crippen LogP contribution in [0.1, 0.15) is 53.9 Å². The number of rotatable bonds is 9. The molecule has 4 nitrogen and oxygen atoms in total. The van der Waals surface area contributed by atoms with E-state index in [1.807, 2.05) is 34.6 Å². The second kappa shape index (κ2) is 7.67. The number of carbonyl (C=O) groups is 1. The maximum Gasteiger partial charge on any atom is 0.323 e. The van der Waals surface area contributed by atoms with Crippen LogP contribution in [0.5, 0.6) is 0 Å². The fraction of sp³-hybridized carbons (Fsp3) is 0.923. The van der Waals surface area contributed by atoms with Crippen LogP contribution < -0.4 is 5.32 Å². The summed E-state index contributed by atoms with van der Waals surface area (Å²) in [4.78, 5) is 11.4. The standard InChI is InChI=1S/C13H27NO3/c1-6-13(12(15)16,14-10(2)3)8-7-9-17-11(4)5/h10-11,14H,6-9H2,1-5H3,(H,15,16). The number of hydrogen-bond acceptors (Lipinski definition) is 3. The summed E-state index contributed by atoms with van der Waals surface area (Å²) in [7, 11) is 0. The van der Waals surface area contributed by atoms with Gasteiger partial charge in [0.2, 0.25) is 0 Å². The van der Waals surface area contributed by atoms with Crippen molar-refractivity contribution in [2.24, 2.45) is 0 Å². The Kier molecular flexibility index (Phi) is 7.39. The summed E-state index contributed by atoms with van der Waals surface area (Å²) in [6.07, 6.45) is 2.15. The number of ether oxygens (including phenoxy) is 1. The summed E-state index contributed by atoms with van der Waals surface area (Å²) in [6, 6.07) is 0.164. The molecule has 0 aliphatic carbocycles. The van der Waals surface area contributed by atoms with E-state index in [0.29, 0.717) is 19.4 Å². The van der Waals surface area contributed by atoms with Gasteiger partial charge in [-0.25, -0.2) is 0 Å². The average Bonchev–Trinajstić information content (AvgIpc) is 2.21. The molecule has 0 aromatic heterocycles. The highest BCUT2D eigenvalue weighted by Crippen LogP contribution is 2.19. The van der Waals surface area contributed by atoms with E-state index in [0.717, 1.165) is 6.42 Å². The van der Waals surface area contributed by atoms with Crippen molar-refractivity contribution in [1.82, 2.24) is 5.32 Å². The van der Waals surface area contributed by atoms with Gasteiger partial charge in [-0.1, -0.05) is 6.92 Å². The second-order valence-electron chi connectivity index (χ2n) is 5.06. The van der Waals surface area contributed by atoms with E-state index in [4.69, 9.17) is 4.74 Å². The number of carboxylic acid groups (broad SMARTS) is 1. The Morgan fingerprint density at radius 2 is 1.94 bits per heavy atom. The van der Waals surface area contributed by atoms with Gasteiger partial charge in [-0.2, -0.15) is 0 Å². The third kappa shape index (κ3) is 6.03. The molecule has 0 saturated heterocycles. The average molecular weight is 245 g/mol. The van der Waals surface area contributed by atoms with Crippen molar-refractivity contribution in [3.8, 4) is 0 Å². The fourth-order valence-corrected chi connectivity index (χ4v) is 1.92. The Hall–Kier alpha value is -0.610. The Morgan fingerprint density at radius 1 is 1.35 bits per heavy atom. The minimum absolute atomic E-state index is 0.164. The van der Waals surface area contributed by atoms with Crippen LogP contribution in [0.2, 0.25) is 0 Å². The molecule has 0 rings (SSSR count). The van der Waals surface area contributed by atoms with Crippen LogP contribution >= 0.6 is 0 Å². The molecule has 2 N–H and O–H groups in total. The number of nitrogens with one attached hydrogen (secondary N) is 1. The van der Waals surface area contributed by atoms with E-state index in [1.165, 1.54) is 0 Å². The van der Waals surface area contributed by atoms with Crippen molar-refractivity contribution in [2.45, 2.75) is 71.6 Å². The lowest BCUT2D eigenvalue weighted by Gasteiger charge is -2.31. The zero-order valence-corrected chi connectivity index (χ0v) is 11.7. The lowest BCUT2D eigenvalue weighted by atomic mass is 9.89. The van der Waals surface area contributed by atoms with Crippen LogP contribution in [-0.2, 0) is 9.53 Å². The van der Waals surface area contributed by atoms with E-state index in [1.54, 1.807) is 0 Å². The molecular formula is C13H27NO3. The topological polar surface area (TPSA) is 58.6 Å². The molecule has 0 radical (unpaired) electrons. The molecule has 1 atom stereocenters. The molecular weight excluding hydrogens is 218 g/mol. The van der Waals surface area contributed by atoms with Crippen LogP contribution in [0.4, 0.5) is 0 Å². The van der Waals surface area contributed by atoms with E-state index in [2.05, 4.69) is 5.32 Å². The fourth-order valence-electron chi connectivity index (χ4n) is 1.92. The summed E-state index contributed by atoms with van der Waals surface area (Å²) in [6.45, 7) is 10.4. The van der Waals surface area contributed by atoms with Gasteiger partial charge in [-0.05, 0) is 47.0 Å². The van der Waals surface area contributed by atoms with Gasteiger partial charge in [0.05, 0.1) is 6.10 Å². The molecule has 0 bridgehead atoms. The maximum absolute atomic E-state index is 11.4. The van der Waals surface area contributed by atoms with Gasteiger partial charge in [-0.15, -0.1) is 0 Å². The Balaban J connectivity index is 4.33. The quantitative estimate of drug-likeness (QED) is 0.612. The lowest BCUT2D eigenvalue weighted by Crippen LogP contribution is -2.54. The monoisotopic (exact) mass is 245 g/mol. The Morgan fingerprint density at radius 3 is 2.29 bits per heavy atom. The van der Waals surface area contributed by atoms with Gasteiger partial charge >= 0.3 is 5.97 Å². The summed E-state index contributed by atoms with van der Waals surface area (Å²) >= 11 is 0. The largest absolute Gasteiger partial charge is 0.480 e. The molecule has 102 valence electrons. The van der Waals surface area contributed by atoms with Crippen molar-refractivity contribution < 1.29 is 14.6 Å². The van der Waals surface area contributed by atoms with Gasteiger partial charge in [0, 0.05) is 12.6 Å². The van der Waals surface area contributed by atoms with Crippen molar-refractivity contribution in [1.29, 1.82) is 0 Å². The molecule has 4 heteroatoms. The highest BCUT2D eigenvalue weighted by atomic mass is 16.5. The SMILES string of the molecule is CCC(CCCOC(C)C)(NC(C)C)C(=O)O. The van der Waals surface area contributed by atoms with Crippen molar-refractivity contribution in [3.05, 3.63) is 0 Å². The molecule has 0 heterocycles. The maximum atomic E-state index is 11.4. The second-order valence-corrected chi connectivity index (χ2v) is 5.06. The van der Waals surface area contributed by atoms with Gasteiger partial charge < -0.3 is 9.84 Å². The Bertz CT molecular complexity index is 229. The molecule has 0 spiro atoms. The van der Waals surface area contributed by atoms with Gasteiger partial charge in [0.15, 0.2) is 0 Å². The molecule has 1 unspecified atom stereocenters. The number of aliphatic carboxylic acids is 1. The van der Waals surface area contributed by atoms with Crippen LogP contribution in [0.3, 0.4) is 0 Å². The summed E-state index contributed by atoms with van der Waals surface area (Å²) in [5.74, 6) is -0.766. The predicted molar refractivity (Wildman–Crippen MR) is 69.3 cm³/mol. The van der Waals surface area contributed by atoms with Crippen LogP contribution in [0, 0.1) is 0 Å². The van der Waals surface area contributed by atoms with Crippen LogP contribution in [0.15, 0.2) is 0 Å². The normalized spacial score (nSPS) is 15.2.